The fraction of sp³-hybridized carbons (Fsp3) is 0.375. The van der Waals surface area contributed by atoms with E-state index in [9.17, 15) is 49.8 Å². The Bertz CT molecular complexity index is 1710. The molecule has 2 aromatic rings. The fourth-order valence-corrected chi connectivity index (χ4v) is 10.4. The highest BCUT2D eigenvalue weighted by Gasteiger charge is 2.89. The van der Waals surface area contributed by atoms with Crippen LogP contribution in [-0.2, 0) is 9.59 Å². The number of allylic oxidation sites excluding steroid dienone is 2. The zero-order valence-electron chi connectivity index (χ0n) is 22.5. The van der Waals surface area contributed by atoms with Crippen molar-refractivity contribution in [2.45, 2.75) is 13.8 Å². The molecule has 2 unspecified atom stereocenters. The Balaban J connectivity index is 1.57. The van der Waals surface area contributed by atoms with Gasteiger partial charge in [0, 0.05) is 36.2 Å². The summed E-state index contributed by atoms with van der Waals surface area (Å²) in [6.07, 6.45) is 0. The number of Topliss-reactive ketones (excluding diaryl/α,β-unsaturated/α-hetero) is 4. The van der Waals surface area contributed by atoms with Gasteiger partial charge in [0.25, 0.3) is 0 Å². The lowest BCUT2D eigenvalue weighted by Gasteiger charge is -2.55. The number of carbonyl (C=O) groups is 4. The number of benzene rings is 2. The van der Waals surface area contributed by atoms with Gasteiger partial charge < -0.3 is 30.6 Å². The lowest BCUT2D eigenvalue weighted by Crippen LogP contribution is -2.64. The van der Waals surface area contributed by atoms with Crippen LogP contribution in [0.25, 0.3) is 11.5 Å². The van der Waals surface area contributed by atoms with E-state index in [2.05, 4.69) is 0 Å². The van der Waals surface area contributed by atoms with Gasteiger partial charge in [0.1, 0.15) is 23.0 Å². The molecule has 0 amide bonds. The molecule has 0 saturated heterocycles. The van der Waals surface area contributed by atoms with Gasteiger partial charge in [-0.05, 0) is 72.9 Å². The second-order valence-corrected chi connectivity index (χ2v) is 12.7. The number of hydrogen-bond donors (Lipinski definition) is 6. The second-order valence-electron chi connectivity index (χ2n) is 12.7. The number of rotatable bonds is 2. The molecule has 2 spiro atoms. The van der Waals surface area contributed by atoms with Gasteiger partial charge in [-0.25, -0.2) is 0 Å². The van der Waals surface area contributed by atoms with Crippen LogP contribution in [0.2, 0.25) is 0 Å². The number of phenolic OH excluding ortho intramolecular Hbond substituents is 2. The molecule has 0 heterocycles. The molecule has 214 valence electrons. The standard InChI is InChI=1S/C32H26O10/c1-9-3-11-17(15(35)5-9)25(37)23-28(40)22-13(7-33)19-20-14(8-34)21(31(19,23)29(11)41)27(39)24-26(38)18-12(30(42)32(20,22)24)4-10(2)6-16(18)36/h3-6,13-14,19-22,33-38H,7-8H2,1-2H3/t13-,14+,19+,20-,21-,22+,31?,32?. The third kappa shape index (κ3) is 2.21. The Hall–Kier alpha value is -4.28. The summed E-state index contributed by atoms with van der Waals surface area (Å²) in [6, 6.07) is 5.55. The molecule has 10 heteroatoms. The maximum atomic E-state index is 14.8. The molecule has 4 saturated carbocycles. The van der Waals surface area contributed by atoms with Crippen molar-refractivity contribution in [1.82, 2.24) is 0 Å². The van der Waals surface area contributed by atoms with Gasteiger partial charge >= 0.3 is 0 Å². The molecular weight excluding hydrogens is 544 g/mol. The normalized spacial score (nSPS) is 36.9. The summed E-state index contributed by atoms with van der Waals surface area (Å²) in [5.41, 5.74) is -4.67. The first kappa shape index (κ1) is 25.4. The highest BCUT2D eigenvalue weighted by molar-refractivity contribution is 6.30. The molecule has 0 radical (unpaired) electrons. The molecule has 42 heavy (non-hydrogen) atoms. The van der Waals surface area contributed by atoms with Crippen molar-refractivity contribution in [3.05, 3.63) is 68.8 Å². The molecule has 6 N–H and O–H groups in total. The van der Waals surface area contributed by atoms with E-state index in [1.54, 1.807) is 13.8 Å². The van der Waals surface area contributed by atoms with Gasteiger partial charge in [0.05, 0.1) is 33.1 Å². The van der Waals surface area contributed by atoms with Crippen LogP contribution in [0.3, 0.4) is 0 Å². The Kier molecular flexibility index (Phi) is 4.46. The van der Waals surface area contributed by atoms with E-state index in [0.717, 1.165) is 0 Å². The molecule has 0 aliphatic heterocycles. The molecule has 0 aromatic heterocycles. The number of carbonyl (C=O) groups excluding carboxylic acids is 4. The summed E-state index contributed by atoms with van der Waals surface area (Å²) in [6.45, 7) is 1.98. The van der Waals surface area contributed by atoms with Crippen molar-refractivity contribution < 1.29 is 49.8 Å². The predicted octanol–water partition coefficient (Wildman–Crippen LogP) is 2.19. The van der Waals surface area contributed by atoms with Crippen molar-refractivity contribution in [3.63, 3.8) is 0 Å². The molecule has 2 aromatic carbocycles. The second kappa shape index (κ2) is 7.37. The summed E-state index contributed by atoms with van der Waals surface area (Å²) in [4.78, 5) is 59.1. The minimum atomic E-state index is -2.06. The van der Waals surface area contributed by atoms with Gasteiger partial charge in [-0.3, -0.25) is 19.2 Å². The first-order chi connectivity index (χ1) is 19.9. The van der Waals surface area contributed by atoms with E-state index in [-0.39, 0.29) is 33.4 Å². The Labute approximate surface area is 238 Å². The Morgan fingerprint density at radius 2 is 0.976 bits per heavy atom. The predicted molar refractivity (Wildman–Crippen MR) is 143 cm³/mol. The zero-order chi connectivity index (χ0) is 29.9. The maximum absolute atomic E-state index is 14.8. The van der Waals surface area contributed by atoms with E-state index in [1.807, 2.05) is 0 Å². The van der Waals surface area contributed by atoms with Gasteiger partial charge in [-0.15, -0.1) is 0 Å². The van der Waals surface area contributed by atoms with Crippen molar-refractivity contribution >= 4 is 34.7 Å². The first-order valence-electron chi connectivity index (χ1n) is 13.9. The van der Waals surface area contributed by atoms with Crippen molar-refractivity contribution in [2.24, 2.45) is 46.3 Å². The van der Waals surface area contributed by atoms with Gasteiger partial charge in [0.2, 0.25) is 0 Å². The minimum absolute atomic E-state index is 0.112. The first-order valence-corrected chi connectivity index (χ1v) is 13.9. The topological polar surface area (TPSA) is 190 Å². The lowest BCUT2D eigenvalue weighted by molar-refractivity contribution is -0.138. The lowest BCUT2D eigenvalue weighted by atomic mass is 9.44. The summed E-state index contributed by atoms with van der Waals surface area (Å²) < 4.78 is 0. The molecule has 4 bridgehead atoms. The third-order valence-electron chi connectivity index (χ3n) is 11.2. The summed E-state index contributed by atoms with van der Waals surface area (Å²) in [7, 11) is 0. The number of aliphatic hydroxyl groups is 4. The number of aromatic hydroxyl groups is 2. The molecule has 4 fully saturated rings. The molecule has 6 aliphatic rings. The molecule has 8 atom stereocenters. The number of aryl methyl sites for hydroxylation is 2. The number of hydrogen-bond acceptors (Lipinski definition) is 10. The Morgan fingerprint density at radius 3 is 1.31 bits per heavy atom. The van der Waals surface area contributed by atoms with E-state index >= 15 is 0 Å². The number of aliphatic hydroxyl groups excluding tert-OH is 4. The van der Waals surface area contributed by atoms with Gasteiger partial charge in [0.15, 0.2) is 23.1 Å². The number of ketones is 4. The van der Waals surface area contributed by atoms with Crippen molar-refractivity contribution in [1.29, 1.82) is 0 Å². The quantitative estimate of drug-likeness (QED) is 0.312. The maximum Gasteiger partial charge on any atom is 0.175 e. The monoisotopic (exact) mass is 570 g/mol. The average molecular weight is 571 g/mol. The molecule has 6 aliphatic carbocycles. The fourth-order valence-electron chi connectivity index (χ4n) is 10.4. The zero-order valence-corrected chi connectivity index (χ0v) is 22.5. The van der Waals surface area contributed by atoms with Crippen LogP contribution < -0.4 is 0 Å². The van der Waals surface area contributed by atoms with E-state index in [1.165, 1.54) is 24.3 Å². The summed E-state index contributed by atoms with van der Waals surface area (Å²) in [5, 5.41) is 66.6. The smallest absolute Gasteiger partial charge is 0.175 e. The summed E-state index contributed by atoms with van der Waals surface area (Å²) >= 11 is 0. The molecule has 10 nitrogen and oxygen atoms in total. The van der Waals surface area contributed by atoms with Crippen LogP contribution in [0.1, 0.15) is 43.0 Å². The van der Waals surface area contributed by atoms with Crippen LogP contribution >= 0.6 is 0 Å². The molecular formula is C32H26O10. The van der Waals surface area contributed by atoms with E-state index < -0.39 is 106 Å². The van der Waals surface area contributed by atoms with E-state index in [4.69, 9.17) is 0 Å². The average Bonchev–Trinajstić information content (AvgIpc) is 3.34. The number of phenols is 2. The van der Waals surface area contributed by atoms with Crippen LogP contribution in [0, 0.1) is 60.2 Å². The van der Waals surface area contributed by atoms with Crippen molar-refractivity contribution in [2.75, 3.05) is 13.2 Å². The summed E-state index contributed by atoms with van der Waals surface area (Å²) in [5.74, 6) is -12.4. The highest BCUT2D eigenvalue weighted by Crippen LogP contribution is 2.83. The highest BCUT2D eigenvalue weighted by atomic mass is 16.3. The van der Waals surface area contributed by atoms with Gasteiger partial charge in [-0.1, -0.05) is 0 Å². The van der Waals surface area contributed by atoms with Crippen molar-refractivity contribution in [3.8, 4) is 11.5 Å². The van der Waals surface area contributed by atoms with Crippen LogP contribution in [0.4, 0.5) is 0 Å². The van der Waals surface area contributed by atoms with Crippen LogP contribution in [-0.4, -0.2) is 67.0 Å². The van der Waals surface area contributed by atoms with Crippen LogP contribution in [0.15, 0.2) is 35.4 Å². The Morgan fingerprint density at radius 1 is 0.619 bits per heavy atom. The third-order valence-corrected chi connectivity index (χ3v) is 11.2. The van der Waals surface area contributed by atoms with Crippen LogP contribution in [0.5, 0.6) is 11.5 Å². The number of fused-ring (bicyclic) bond motifs is 4. The minimum Gasteiger partial charge on any atom is -0.507 e. The SMILES string of the molecule is Cc1cc(O)c2c(c1)C(=O)C13C(=C2O)C(=O)[C@H]2[C@@H](CO)[C@@H]1[C@@H]1[C@@H](CO)[C@H]3C(=O)C3=C(O)c4c(O)cc(C)cc4C(=O)C312. The molecule has 8 rings (SSSR count). The van der Waals surface area contributed by atoms with E-state index in [0.29, 0.717) is 11.1 Å². The largest absolute Gasteiger partial charge is 0.507 e. The van der Waals surface area contributed by atoms with Gasteiger partial charge in [-0.2, -0.15) is 0 Å².